The summed E-state index contributed by atoms with van der Waals surface area (Å²) in [5.74, 6) is 0.601. The number of nitrogens with zero attached hydrogens (tertiary/aromatic N) is 1. The van der Waals surface area contributed by atoms with Gasteiger partial charge in [-0.15, -0.1) is 0 Å². The minimum absolute atomic E-state index is 0.159. The first-order chi connectivity index (χ1) is 15.5. The van der Waals surface area contributed by atoms with Gasteiger partial charge < -0.3 is 9.29 Å². The number of rotatable bonds is 5. The van der Waals surface area contributed by atoms with Crippen molar-refractivity contribution in [3.63, 3.8) is 0 Å². The second kappa shape index (κ2) is 11.9. The molecule has 3 aromatic rings. The number of hydrogen-bond donors (Lipinski definition) is 0. The van der Waals surface area contributed by atoms with Crippen molar-refractivity contribution in [1.29, 1.82) is 0 Å². The van der Waals surface area contributed by atoms with Crippen LogP contribution < -0.4 is 9.64 Å². The highest BCUT2D eigenvalue weighted by molar-refractivity contribution is 7.95. The predicted molar refractivity (Wildman–Crippen MR) is 131 cm³/mol. The topological polar surface area (TPSA) is 96.0 Å². The molecule has 7 nitrogen and oxygen atoms in total. The van der Waals surface area contributed by atoms with Gasteiger partial charge in [-0.3, -0.25) is 4.18 Å². The molecule has 0 aliphatic heterocycles. The molecule has 3 aromatic carbocycles. The Morgan fingerprint density at radius 3 is 1.73 bits per heavy atom. The Labute approximate surface area is 198 Å². The third kappa shape index (κ3) is 7.90. The van der Waals surface area contributed by atoms with Crippen molar-refractivity contribution in [2.45, 2.75) is 18.7 Å². The van der Waals surface area contributed by atoms with E-state index in [9.17, 15) is 17.8 Å². The maximum Gasteiger partial charge on any atom is 0.424 e. The molecule has 0 spiro atoms. The van der Waals surface area contributed by atoms with Crippen molar-refractivity contribution < 1.29 is 26.7 Å². The molecule has 0 fully saturated rings. The molecule has 0 N–H and O–H groups in total. The van der Waals surface area contributed by atoms with E-state index in [-0.39, 0.29) is 10.9 Å². The van der Waals surface area contributed by atoms with Crippen LogP contribution in [0.4, 0.5) is 16.2 Å². The maximum absolute atomic E-state index is 13.1. The second-order valence-corrected chi connectivity index (χ2v) is 10.4. The average molecular weight is 490 g/mol. The van der Waals surface area contributed by atoms with Gasteiger partial charge >= 0.3 is 6.09 Å². The molecule has 9 heteroatoms. The summed E-state index contributed by atoms with van der Waals surface area (Å²) >= 11 is 0. The van der Waals surface area contributed by atoms with E-state index in [1.165, 1.54) is 4.90 Å². The fraction of sp³-hybridized carbons (Fsp3) is 0.208. The molecule has 0 unspecified atom stereocenters. The van der Waals surface area contributed by atoms with E-state index in [1.54, 1.807) is 4.90 Å². The molecule has 0 aliphatic carbocycles. The van der Waals surface area contributed by atoms with Crippen LogP contribution in [0.1, 0.15) is 11.1 Å². The van der Waals surface area contributed by atoms with Crippen LogP contribution in [0, 0.1) is 13.8 Å². The molecule has 0 saturated carbocycles. The number of carbonyl (C=O) groups is 1. The van der Waals surface area contributed by atoms with Crippen molar-refractivity contribution in [3.8, 4) is 5.75 Å². The molecule has 0 saturated heterocycles. The fourth-order valence-corrected chi connectivity index (χ4v) is 4.08. The molecule has 33 heavy (non-hydrogen) atoms. The lowest BCUT2D eigenvalue weighted by Crippen LogP contribution is -2.29. The first-order valence-electron chi connectivity index (χ1n) is 9.85. The zero-order valence-corrected chi connectivity index (χ0v) is 20.8. The molecule has 0 aromatic heterocycles. The molecular formula is C24H27NO6S2. The molecule has 1 amide bonds. The van der Waals surface area contributed by atoms with Crippen LogP contribution in [0.15, 0.2) is 77.7 Å². The molecule has 0 heterocycles. The Morgan fingerprint density at radius 1 is 0.879 bits per heavy atom. The first-order valence-corrected chi connectivity index (χ1v) is 13.2. The molecule has 0 aliphatic rings. The van der Waals surface area contributed by atoms with Crippen molar-refractivity contribution in [2.24, 2.45) is 0 Å². The Kier molecular flexibility index (Phi) is 9.48. The predicted octanol–water partition coefficient (Wildman–Crippen LogP) is 4.97. The van der Waals surface area contributed by atoms with Crippen molar-refractivity contribution in [3.05, 3.63) is 83.9 Å². The number of carbonyl (C=O) groups excluding carboxylic acids is 1. The van der Waals surface area contributed by atoms with Crippen LogP contribution in [0.3, 0.4) is 0 Å². The van der Waals surface area contributed by atoms with Gasteiger partial charge in [-0.1, -0.05) is 36.4 Å². The molecular weight excluding hydrogens is 462 g/mol. The minimum atomic E-state index is -4.41. The van der Waals surface area contributed by atoms with E-state index in [2.05, 4.69) is 29.7 Å². The molecule has 3 rings (SSSR count). The van der Waals surface area contributed by atoms with Crippen LogP contribution in [0.5, 0.6) is 5.75 Å². The SMILES string of the molecule is COS(=O)(=O)[O-].Cc1cc([S+](C)C)c(C)cc1OC(=O)N(c1ccccc1)c1ccccc1. The van der Waals surface area contributed by atoms with Crippen LogP contribution >= 0.6 is 0 Å². The van der Waals surface area contributed by atoms with E-state index in [0.717, 1.165) is 29.6 Å². The van der Waals surface area contributed by atoms with Crippen molar-refractivity contribution in [1.82, 2.24) is 0 Å². The number of anilines is 2. The number of aryl methyl sites for hydroxylation is 2. The lowest BCUT2D eigenvalue weighted by molar-refractivity contribution is 0.210. The highest BCUT2D eigenvalue weighted by Crippen LogP contribution is 2.30. The Bertz CT molecular complexity index is 1130. The number of ether oxygens (including phenoxy) is 1. The molecule has 176 valence electrons. The fourth-order valence-electron chi connectivity index (χ4n) is 2.97. The summed E-state index contributed by atoms with van der Waals surface area (Å²) in [6.07, 6.45) is 3.97. The van der Waals surface area contributed by atoms with Gasteiger partial charge in [0.1, 0.15) is 18.3 Å². The smallest absolute Gasteiger partial charge is 0.424 e. The van der Waals surface area contributed by atoms with E-state index in [1.807, 2.05) is 73.7 Å². The summed E-state index contributed by atoms with van der Waals surface area (Å²) < 4.78 is 36.8. The summed E-state index contributed by atoms with van der Waals surface area (Å²) in [6.45, 7) is 4.04. The number of para-hydroxylation sites is 2. The highest BCUT2D eigenvalue weighted by atomic mass is 32.3. The molecule has 0 atom stereocenters. The maximum atomic E-state index is 13.1. The second-order valence-electron chi connectivity index (χ2n) is 7.15. The Hall–Kier alpha value is -2.85. The summed E-state index contributed by atoms with van der Waals surface area (Å²) in [6, 6.07) is 23.2. The lowest BCUT2D eigenvalue weighted by Gasteiger charge is -2.23. The average Bonchev–Trinajstić information content (AvgIpc) is 2.77. The van der Waals surface area contributed by atoms with Crippen LogP contribution in [0.25, 0.3) is 0 Å². The van der Waals surface area contributed by atoms with Gasteiger partial charge in [-0.25, -0.2) is 18.1 Å². The van der Waals surface area contributed by atoms with Gasteiger partial charge in [0, 0.05) is 22.5 Å². The minimum Gasteiger partial charge on any atom is -0.726 e. The van der Waals surface area contributed by atoms with Crippen LogP contribution in [0.2, 0.25) is 0 Å². The lowest BCUT2D eigenvalue weighted by atomic mass is 10.1. The van der Waals surface area contributed by atoms with Gasteiger partial charge in [0.25, 0.3) is 0 Å². The highest BCUT2D eigenvalue weighted by Gasteiger charge is 2.22. The zero-order chi connectivity index (χ0) is 24.6. The van der Waals surface area contributed by atoms with Gasteiger partial charge in [0.15, 0.2) is 4.90 Å². The molecule has 0 bridgehead atoms. The third-order valence-electron chi connectivity index (χ3n) is 4.53. The summed E-state index contributed by atoms with van der Waals surface area (Å²) in [7, 11) is -3.45. The van der Waals surface area contributed by atoms with Crippen molar-refractivity contribution >= 4 is 38.8 Å². The summed E-state index contributed by atoms with van der Waals surface area (Å²) in [5.41, 5.74) is 3.64. The van der Waals surface area contributed by atoms with Gasteiger partial charge in [0.2, 0.25) is 10.4 Å². The van der Waals surface area contributed by atoms with Crippen LogP contribution in [-0.4, -0.2) is 38.7 Å². The van der Waals surface area contributed by atoms with Gasteiger partial charge in [0.05, 0.1) is 18.5 Å². The van der Waals surface area contributed by atoms with E-state index >= 15 is 0 Å². The quantitative estimate of drug-likeness (QED) is 0.285. The van der Waals surface area contributed by atoms with Crippen molar-refractivity contribution in [2.75, 3.05) is 24.5 Å². The Balaban J connectivity index is 0.000000569. The van der Waals surface area contributed by atoms with E-state index in [4.69, 9.17) is 4.74 Å². The standard InChI is InChI=1S/C23H24NO2S.CH4O4S/c1-17-16-22(27(3)4)18(2)15-21(17)26-23(25)24(19-11-7-5-8-12-19)20-13-9-6-10-14-20;1-5-6(2,3)4/h5-16H,1-4H3;1H3,(H,2,3,4)/q+1;/p-1. The van der Waals surface area contributed by atoms with E-state index in [0.29, 0.717) is 5.75 Å². The third-order valence-corrected chi connectivity index (χ3v) is 6.25. The largest absolute Gasteiger partial charge is 0.726 e. The zero-order valence-electron chi connectivity index (χ0n) is 19.1. The summed E-state index contributed by atoms with van der Waals surface area (Å²) in [4.78, 5) is 16.0. The first kappa shape index (κ1) is 26.4. The number of hydrogen-bond acceptors (Lipinski definition) is 6. The monoisotopic (exact) mass is 489 g/mol. The summed E-state index contributed by atoms with van der Waals surface area (Å²) in [5, 5.41) is 0. The van der Waals surface area contributed by atoms with Gasteiger partial charge in [-0.2, -0.15) is 0 Å². The Morgan fingerprint density at radius 2 is 1.33 bits per heavy atom. The van der Waals surface area contributed by atoms with E-state index < -0.39 is 16.5 Å². The normalized spacial score (nSPS) is 10.9. The molecule has 0 radical (unpaired) electrons. The van der Waals surface area contributed by atoms with Gasteiger partial charge in [-0.05, 0) is 49.7 Å². The van der Waals surface area contributed by atoms with Crippen LogP contribution in [-0.2, 0) is 25.5 Å². The number of benzene rings is 3. The number of amides is 1.